The van der Waals surface area contributed by atoms with E-state index in [9.17, 15) is 0 Å². The van der Waals surface area contributed by atoms with Crippen molar-refractivity contribution in [3.05, 3.63) is 87.4 Å². The van der Waals surface area contributed by atoms with Crippen molar-refractivity contribution in [2.24, 2.45) is 0 Å². The van der Waals surface area contributed by atoms with Gasteiger partial charge in [0.05, 0.1) is 14.2 Å². The highest BCUT2D eigenvalue weighted by Crippen LogP contribution is 2.34. The highest BCUT2D eigenvalue weighted by molar-refractivity contribution is 6.31. The summed E-state index contributed by atoms with van der Waals surface area (Å²) in [6.07, 6.45) is 0.918. The number of hydrogen-bond acceptors (Lipinski definition) is 4. The molecule has 0 aliphatic heterocycles. The smallest absolute Gasteiger partial charge is 0.163 e. The van der Waals surface area contributed by atoms with E-state index >= 15 is 0 Å². The third kappa shape index (κ3) is 6.30. The van der Waals surface area contributed by atoms with Gasteiger partial charge in [-0.3, -0.25) is 0 Å². The number of halogens is 2. The first kappa shape index (κ1) is 22.3. The third-order valence-corrected chi connectivity index (χ3v) is 5.31. The quantitative estimate of drug-likeness (QED) is 0.393. The van der Waals surface area contributed by atoms with Gasteiger partial charge in [-0.1, -0.05) is 47.5 Å². The lowest BCUT2D eigenvalue weighted by Crippen LogP contribution is -2.17. The van der Waals surface area contributed by atoms with Crippen molar-refractivity contribution in [1.82, 2.24) is 5.32 Å². The van der Waals surface area contributed by atoms with Crippen molar-refractivity contribution < 1.29 is 14.2 Å². The first-order valence-corrected chi connectivity index (χ1v) is 10.4. The average Bonchev–Trinajstić information content (AvgIpc) is 2.77. The van der Waals surface area contributed by atoms with Crippen LogP contribution in [0, 0.1) is 0 Å². The van der Waals surface area contributed by atoms with E-state index in [0.29, 0.717) is 34.7 Å². The molecule has 0 heterocycles. The second-order valence-electron chi connectivity index (χ2n) is 6.78. The molecule has 0 fully saturated rings. The number of rotatable bonds is 10. The van der Waals surface area contributed by atoms with Crippen molar-refractivity contribution in [3.8, 4) is 17.2 Å². The van der Waals surface area contributed by atoms with Crippen LogP contribution in [0.1, 0.15) is 16.7 Å². The summed E-state index contributed by atoms with van der Waals surface area (Å²) in [6.45, 7) is 1.88. The Morgan fingerprint density at radius 2 is 1.50 bits per heavy atom. The molecule has 0 spiro atoms. The second-order valence-corrected chi connectivity index (χ2v) is 7.63. The van der Waals surface area contributed by atoms with Crippen molar-refractivity contribution in [2.75, 3.05) is 20.8 Å². The van der Waals surface area contributed by atoms with Crippen LogP contribution in [-0.4, -0.2) is 20.8 Å². The molecule has 158 valence electrons. The summed E-state index contributed by atoms with van der Waals surface area (Å²) in [6, 6.07) is 19.3. The Morgan fingerprint density at radius 1 is 0.800 bits per heavy atom. The molecule has 0 aromatic heterocycles. The first-order chi connectivity index (χ1) is 14.6. The first-order valence-electron chi connectivity index (χ1n) is 9.66. The highest BCUT2D eigenvalue weighted by Gasteiger charge is 2.11. The normalized spacial score (nSPS) is 10.7. The molecule has 0 radical (unpaired) electrons. The maximum Gasteiger partial charge on any atom is 0.163 e. The molecule has 3 rings (SSSR count). The minimum Gasteiger partial charge on any atom is -0.497 e. The number of benzene rings is 3. The van der Waals surface area contributed by atoms with Crippen LogP contribution < -0.4 is 19.5 Å². The Kier molecular flexibility index (Phi) is 8.26. The number of hydrogen-bond donors (Lipinski definition) is 1. The fourth-order valence-corrected chi connectivity index (χ4v) is 3.32. The molecule has 4 nitrogen and oxygen atoms in total. The maximum absolute atomic E-state index is 6.48. The molecule has 30 heavy (non-hydrogen) atoms. The molecular weight excluding hydrogens is 421 g/mol. The highest BCUT2D eigenvalue weighted by atomic mass is 35.5. The summed E-state index contributed by atoms with van der Waals surface area (Å²) < 4.78 is 16.6. The molecule has 1 N–H and O–H groups in total. The van der Waals surface area contributed by atoms with Crippen LogP contribution in [-0.2, 0) is 19.6 Å². The van der Waals surface area contributed by atoms with Gasteiger partial charge in [0.15, 0.2) is 11.5 Å². The lowest BCUT2D eigenvalue weighted by atomic mass is 10.1. The fraction of sp³-hybridized carbons (Fsp3) is 0.250. The monoisotopic (exact) mass is 445 g/mol. The Bertz CT molecular complexity index is 944. The minimum atomic E-state index is 0.406. The Hall–Kier alpha value is -2.40. The summed E-state index contributed by atoms with van der Waals surface area (Å²) in [5.74, 6) is 2.13. The number of methoxy groups -OCH3 is 2. The van der Waals surface area contributed by atoms with Crippen LogP contribution >= 0.6 is 23.2 Å². The molecule has 0 aliphatic carbocycles. The Morgan fingerprint density at radius 3 is 2.17 bits per heavy atom. The fourth-order valence-electron chi connectivity index (χ4n) is 2.97. The molecule has 0 bridgehead atoms. The van der Waals surface area contributed by atoms with E-state index in [0.717, 1.165) is 29.8 Å². The van der Waals surface area contributed by atoms with Crippen LogP contribution in [0.2, 0.25) is 10.0 Å². The molecule has 0 unspecified atom stereocenters. The SMILES string of the molecule is COc1ccc(CCNCc2cc(OC)c(OCc3ccc(Cl)cc3)cc2Cl)cc1. The van der Waals surface area contributed by atoms with E-state index in [1.54, 1.807) is 20.3 Å². The molecule has 3 aromatic rings. The van der Waals surface area contributed by atoms with Gasteiger partial charge in [-0.15, -0.1) is 0 Å². The van der Waals surface area contributed by atoms with E-state index in [2.05, 4.69) is 17.4 Å². The van der Waals surface area contributed by atoms with Gasteiger partial charge in [-0.05, 0) is 60.0 Å². The molecule has 3 aromatic carbocycles. The van der Waals surface area contributed by atoms with Crippen molar-refractivity contribution >= 4 is 23.2 Å². The summed E-state index contributed by atoms with van der Waals surface area (Å²) in [5.41, 5.74) is 3.22. The van der Waals surface area contributed by atoms with E-state index in [1.807, 2.05) is 42.5 Å². The van der Waals surface area contributed by atoms with Gasteiger partial charge in [0.1, 0.15) is 12.4 Å². The molecule has 0 aliphatic rings. The summed E-state index contributed by atoms with van der Waals surface area (Å²) >= 11 is 12.4. The van der Waals surface area contributed by atoms with Crippen molar-refractivity contribution in [1.29, 1.82) is 0 Å². The predicted octanol–water partition coefficient (Wildman–Crippen LogP) is 5.92. The van der Waals surface area contributed by atoms with Crippen LogP contribution in [0.3, 0.4) is 0 Å². The van der Waals surface area contributed by atoms with Crippen molar-refractivity contribution in [3.63, 3.8) is 0 Å². The predicted molar refractivity (Wildman–Crippen MR) is 122 cm³/mol. The van der Waals surface area contributed by atoms with Gasteiger partial charge in [-0.25, -0.2) is 0 Å². The zero-order chi connectivity index (χ0) is 21.3. The molecule has 0 atom stereocenters. The lowest BCUT2D eigenvalue weighted by Gasteiger charge is -2.14. The largest absolute Gasteiger partial charge is 0.497 e. The average molecular weight is 446 g/mol. The van der Waals surface area contributed by atoms with E-state index in [-0.39, 0.29) is 0 Å². The van der Waals surface area contributed by atoms with E-state index in [1.165, 1.54) is 5.56 Å². The molecule has 6 heteroatoms. The van der Waals surface area contributed by atoms with Crippen LogP contribution in [0.4, 0.5) is 0 Å². The molecule has 0 saturated carbocycles. The van der Waals surface area contributed by atoms with Crippen LogP contribution in [0.5, 0.6) is 17.2 Å². The van der Waals surface area contributed by atoms with Gasteiger partial charge < -0.3 is 19.5 Å². The maximum atomic E-state index is 6.48. The van der Waals surface area contributed by atoms with E-state index in [4.69, 9.17) is 37.4 Å². The number of ether oxygens (including phenoxy) is 3. The molecular formula is C24H25Cl2NO3. The van der Waals surface area contributed by atoms with Gasteiger partial charge in [0.2, 0.25) is 0 Å². The van der Waals surface area contributed by atoms with Crippen molar-refractivity contribution in [2.45, 2.75) is 19.6 Å². The summed E-state index contributed by atoms with van der Waals surface area (Å²) in [4.78, 5) is 0. The van der Waals surface area contributed by atoms with E-state index < -0.39 is 0 Å². The Balaban J connectivity index is 1.55. The molecule has 0 saturated heterocycles. The van der Waals surface area contributed by atoms with Gasteiger partial charge >= 0.3 is 0 Å². The topological polar surface area (TPSA) is 39.7 Å². The zero-order valence-electron chi connectivity index (χ0n) is 17.1. The van der Waals surface area contributed by atoms with Crippen LogP contribution in [0.15, 0.2) is 60.7 Å². The van der Waals surface area contributed by atoms with Gasteiger partial charge in [0.25, 0.3) is 0 Å². The van der Waals surface area contributed by atoms with Crippen LogP contribution in [0.25, 0.3) is 0 Å². The summed E-state index contributed by atoms with van der Waals surface area (Å²) in [7, 11) is 3.29. The second kappa shape index (κ2) is 11.1. The van der Waals surface area contributed by atoms with Gasteiger partial charge in [-0.2, -0.15) is 0 Å². The lowest BCUT2D eigenvalue weighted by molar-refractivity contribution is 0.284. The minimum absolute atomic E-state index is 0.406. The zero-order valence-corrected chi connectivity index (χ0v) is 18.6. The third-order valence-electron chi connectivity index (χ3n) is 4.71. The van der Waals surface area contributed by atoms with Gasteiger partial charge in [0, 0.05) is 22.7 Å². The summed E-state index contributed by atoms with van der Waals surface area (Å²) in [5, 5.41) is 4.76. The number of nitrogens with one attached hydrogen (secondary N) is 1. The standard InChI is InChI=1S/C24H25Cl2NO3/c1-28-21-9-5-17(6-10-21)11-12-27-15-19-13-23(29-2)24(14-22(19)26)30-16-18-3-7-20(25)8-4-18/h3-10,13-14,27H,11-12,15-16H2,1-2H3. The Labute approximate surface area is 187 Å². The molecule has 0 amide bonds.